The summed E-state index contributed by atoms with van der Waals surface area (Å²) in [5.74, 6) is 1.71. The predicted octanol–water partition coefficient (Wildman–Crippen LogP) is 5.56. The van der Waals surface area contributed by atoms with Gasteiger partial charge in [-0.25, -0.2) is 9.97 Å². The lowest BCUT2D eigenvalue weighted by molar-refractivity contribution is 0.809. The lowest BCUT2D eigenvalue weighted by atomic mass is 10.0. The van der Waals surface area contributed by atoms with Crippen molar-refractivity contribution >= 4 is 27.5 Å². The molecule has 4 heteroatoms. The highest BCUT2D eigenvalue weighted by Gasteiger charge is 2.27. The molecule has 2 aromatic rings. The third kappa shape index (κ3) is 2.61. The monoisotopic (exact) mass is 350 g/mol. The first kappa shape index (κ1) is 14.0. The summed E-state index contributed by atoms with van der Waals surface area (Å²) >= 11 is 9.75. The normalized spacial score (nSPS) is 14.8. The molecule has 3 rings (SSSR count). The molecule has 1 aromatic carbocycles. The Kier molecular flexibility index (Phi) is 3.83. The van der Waals surface area contributed by atoms with Crippen LogP contribution in [0.25, 0.3) is 11.4 Å². The zero-order chi connectivity index (χ0) is 14.3. The van der Waals surface area contributed by atoms with Gasteiger partial charge in [0, 0.05) is 5.56 Å². The second kappa shape index (κ2) is 5.45. The second-order valence-corrected chi connectivity index (χ2v) is 6.70. The van der Waals surface area contributed by atoms with Crippen molar-refractivity contribution in [2.45, 2.75) is 38.5 Å². The molecule has 1 saturated carbocycles. The number of benzene rings is 1. The first-order chi connectivity index (χ1) is 9.58. The van der Waals surface area contributed by atoms with Gasteiger partial charge in [-0.15, -0.1) is 0 Å². The molecule has 1 aliphatic carbocycles. The van der Waals surface area contributed by atoms with Crippen LogP contribution in [0.2, 0.25) is 5.15 Å². The van der Waals surface area contributed by atoms with Crippen molar-refractivity contribution in [3.8, 4) is 11.4 Å². The summed E-state index contributed by atoms with van der Waals surface area (Å²) in [6.45, 7) is 4.22. The van der Waals surface area contributed by atoms with Crippen LogP contribution in [0.3, 0.4) is 0 Å². The van der Waals surface area contributed by atoms with Gasteiger partial charge >= 0.3 is 0 Å². The minimum absolute atomic E-state index is 0.303. The van der Waals surface area contributed by atoms with E-state index < -0.39 is 0 Å². The molecule has 0 atom stereocenters. The van der Waals surface area contributed by atoms with Gasteiger partial charge in [-0.2, -0.15) is 0 Å². The summed E-state index contributed by atoms with van der Waals surface area (Å²) in [6.07, 6.45) is 2.52. The number of rotatable bonds is 3. The Morgan fingerprint density at radius 3 is 2.55 bits per heavy atom. The molecule has 0 aliphatic heterocycles. The molecule has 0 amide bonds. The molecule has 0 radical (unpaired) electrons. The number of hydrogen-bond donors (Lipinski definition) is 0. The van der Waals surface area contributed by atoms with Crippen molar-refractivity contribution in [1.29, 1.82) is 0 Å². The Labute approximate surface area is 132 Å². The molecule has 0 bridgehead atoms. The Balaban J connectivity index is 2.15. The highest BCUT2D eigenvalue weighted by Crippen LogP contribution is 2.44. The minimum Gasteiger partial charge on any atom is -0.232 e. The molecular formula is C16H16BrClN2. The van der Waals surface area contributed by atoms with E-state index in [0.717, 1.165) is 21.6 Å². The summed E-state index contributed by atoms with van der Waals surface area (Å²) in [7, 11) is 0. The summed E-state index contributed by atoms with van der Waals surface area (Å²) in [6, 6.07) is 8.40. The van der Waals surface area contributed by atoms with Gasteiger partial charge in [-0.3, -0.25) is 0 Å². The van der Waals surface area contributed by atoms with Crippen molar-refractivity contribution in [2.24, 2.45) is 0 Å². The Morgan fingerprint density at radius 2 is 1.90 bits per heavy atom. The van der Waals surface area contributed by atoms with Crippen LogP contribution in [0.1, 0.15) is 49.8 Å². The molecule has 0 N–H and O–H groups in total. The van der Waals surface area contributed by atoms with Crippen molar-refractivity contribution in [3.63, 3.8) is 0 Å². The maximum Gasteiger partial charge on any atom is 0.161 e. The molecule has 20 heavy (non-hydrogen) atoms. The van der Waals surface area contributed by atoms with E-state index in [1.165, 1.54) is 18.4 Å². The van der Waals surface area contributed by atoms with Gasteiger partial charge in [0.25, 0.3) is 0 Å². The van der Waals surface area contributed by atoms with Gasteiger partial charge < -0.3 is 0 Å². The van der Waals surface area contributed by atoms with E-state index in [1.54, 1.807) is 0 Å². The molecule has 0 spiro atoms. The Morgan fingerprint density at radius 1 is 1.20 bits per heavy atom. The van der Waals surface area contributed by atoms with Crippen LogP contribution in [0.4, 0.5) is 0 Å². The summed E-state index contributed by atoms with van der Waals surface area (Å²) in [5, 5.41) is 0.490. The first-order valence-electron chi connectivity index (χ1n) is 6.90. The van der Waals surface area contributed by atoms with Crippen LogP contribution >= 0.6 is 27.5 Å². The maximum atomic E-state index is 6.26. The van der Waals surface area contributed by atoms with E-state index in [2.05, 4.69) is 53.0 Å². The fraction of sp³-hybridized carbons (Fsp3) is 0.375. The molecule has 0 saturated heterocycles. The zero-order valence-electron chi connectivity index (χ0n) is 11.5. The smallest absolute Gasteiger partial charge is 0.161 e. The summed E-state index contributed by atoms with van der Waals surface area (Å²) in [5.41, 5.74) is 3.43. The average molecular weight is 352 g/mol. The summed E-state index contributed by atoms with van der Waals surface area (Å²) < 4.78 is 0.807. The second-order valence-electron chi connectivity index (χ2n) is 5.55. The van der Waals surface area contributed by atoms with Gasteiger partial charge in [0.1, 0.15) is 5.15 Å². The molecule has 0 unspecified atom stereocenters. The molecule has 1 aliphatic rings. The third-order valence-electron chi connectivity index (χ3n) is 3.60. The van der Waals surface area contributed by atoms with E-state index in [9.17, 15) is 0 Å². The highest BCUT2D eigenvalue weighted by molar-refractivity contribution is 9.10. The Bertz CT molecular complexity index is 651. The summed E-state index contributed by atoms with van der Waals surface area (Å²) in [4.78, 5) is 9.20. The van der Waals surface area contributed by atoms with Gasteiger partial charge in [0.2, 0.25) is 0 Å². The average Bonchev–Trinajstić information content (AvgIpc) is 3.26. The van der Waals surface area contributed by atoms with Crippen LogP contribution in [0.5, 0.6) is 0 Å². The van der Waals surface area contributed by atoms with E-state index in [4.69, 9.17) is 16.6 Å². The predicted molar refractivity (Wildman–Crippen MR) is 86.2 cm³/mol. The molecule has 2 nitrogen and oxygen atoms in total. The van der Waals surface area contributed by atoms with Crippen molar-refractivity contribution in [3.05, 3.63) is 45.1 Å². The number of aromatic nitrogens is 2. The minimum atomic E-state index is 0.303. The van der Waals surface area contributed by atoms with Crippen LogP contribution in [-0.4, -0.2) is 9.97 Å². The van der Waals surface area contributed by atoms with Crippen LogP contribution < -0.4 is 0 Å². The van der Waals surface area contributed by atoms with Gasteiger partial charge in [0.15, 0.2) is 5.82 Å². The lowest BCUT2D eigenvalue weighted by Gasteiger charge is -2.13. The van der Waals surface area contributed by atoms with Crippen LogP contribution in [0, 0.1) is 0 Å². The molecular weight excluding hydrogens is 336 g/mol. The van der Waals surface area contributed by atoms with E-state index in [-0.39, 0.29) is 0 Å². The molecule has 1 fully saturated rings. The SMILES string of the molecule is CC(C)c1nc(-c2ccccc2C2CC2)nc(Cl)c1Br. The quantitative estimate of drug-likeness (QED) is 0.676. The van der Waals surface area contributed by atoms with Crippen molar-refractivity contribution < 1.29 is 0 Å². The fourth-order valence-electron chi connectivity index (χ4n) is 2.39. The van der Waals surface area contributed by atoms with E-state index >= 15 is 0 Å². The maximum absolute atomic E-state index is 6.26. The number of halogens is 2. The topological polar surface area (TPSA) is 25.8 Å². The van der Waals surface area contributed by atoms with E-state index in [1.807, 2.05) is 6.07 Å². The Hall–Kier alpha value is -0.930. The number of hydrogen-bond acceptors (Lipinski definition) is 2. The highest BCUT2D eigenvalue weighted by atomic mass is 79.9. The lowest BCUT2D eigenvalue weighted by Crippen LogP contribution is -2.01. The molecule has 104 valence electrons. The zero-order valence-corrected chi connectivity index (χ0v) is 13.9. The van der Waals surface area contributed by atoms with Gasteiger partial charge in [-0.1, -0.05) is 49.7 Å². The first-order valence-corrected chi connectivity index (χ1v) is 8.07. The van der Waals surface area contributed by atoms with Crippen molar-refractivity contribution in [2.75, 3.05) is 0 Å². The van der Waals surface area contributed by atoms with Gasteiger partial charge in [-0.05, 0) is 46.2 Å². The van der Waals surface area contributed by atoms with Crippen LogP contribution in [0.15, 0.2) is 28.7 Å². The van der Waals surface area contributed by atoms with E-state index in [0.29, 0.717) is 17.0 Å². The molecule has 1 aromatic heterocycles. The largest absolute Gasteiger partial charge is 0.232 e. The molecule has 1 heterocycles. The number of nitrogens with zero attached hydrogens (tertiary/aromatic N) is 2. The third-order valence-corrected chi connectivity index (χ3v) is 4.89. The standard InChI is InChI=1S/C16H16BrClN2/c1-9(2)14-13(17)15(18)20-16(19-14)12-6-4-3-5-11(12)10-7-8-10/h3-6,9-10H,7-8H2,1-2H3. The van der Waals surface area contributed by atoms with Crippen LogP contribution in [-0.2, 0) is 0 Å². The van der Waals surface area contributed by atoms with Gasteiger partial charge in [0.05, 0.1) is 10.2 Å². The van der Waals surface area contributed by atoms with Crippen molar-refractivity contribution in [1.82, 2.24) is 9.97 Å². The fourth-order valence-corrected chi connectivity index (χ4v) is 3.20.